The van der Waals surface area contributed by atoms with E-state index in [0.717, 1.165) is 6.07 Å². The fraction of sp³-hybridized carbons (Fsp3) is 0.231. The summed E-state index contributed by atoms with van der Waals surface area (Å²) in [5.74, 6) is -3.63. The number of benzene rings is 1. The molecule has 1 aliphatic heterocycles. The summed E-state index contributed by atoms with van der Waals surface area (Å²) in [4.78, 5) is 23.7. The number of cyclic esters (lactones) is 2. The summed E-state index contributed by atoms with van der Waals surface area (Å²) < 4.78 is 23.6. The number of anilines is 1. The fourth-order valence-corrected chi connectivity index (χ4v) is 1.96. The molecule has 0 unspecified atom stereocenters. The van der Waals surface area contributed by atoms with Gasteiger partial charge < -0.3 is 14.8 Å². The smallest absolute Gasteiger partial charge is 0.343 e. The highest BCUT2D eigenvalue weighted by molar-refractivity contribution is 9.10. The van der Waals surface area contributed by atoms with Crippen LogP contribution >= 0.6 is 15.9 Å². The predicted octanol–water partition coefficient (Wildman–Crippen LogP) is 2.37. The summed E-state index contributed by atoms with van der Waals surface area (Å²) in [5, 5.41) is 2.58. The molecule has 0 spiro atoms. The summed E-state index contributed by atoms with van der Waals surface area (Å²) in [6, 6.07) is 2.47. The largest absolute Gasteiger partial charge is 0.417 e. The lowest BCUT2D eigenvalue weighted by atomic mass is 10.2. The van der Waals surface area contributed by atoms with Crippen LogP contribution in [0.15, 0.2) is 35.3 Å². The van der Waals surface area contributed by atoms with Gasteiger partial charge in [0.25, 0.3) is 5.79 Å². The zero-order valence-electron chi connectivity index (χ0n) is 10.5. The lowest BCUT2D eigenvalue weighted by Crippen LogP contribution is -2.53. The topological polar surface area (TPSA) is 64.6 Å². The molecule has 1 heterocycles. The van der Waals surface area contributed by atoms with E-state index >= 15 is 0 Å². The molecule has 20 heavy (non-hydrogen) atoms. The molecule has 1 N–H and O–H groups in total. The van der Waals surface area contributed by atoms with E-state index in [1.807, 2.05) is 0 Å². The van der Waals surface area contributed by atoms with Crippen LogP contribution in [0.2, 0.25) is 0 Å². The van der Waals surface area contributed by atoms with Crippen LogP contribution in [0.3, 0.4) is 0 Å². The molecular weight excluding hydrogens is 333 g/mol. The number of ether oxygens (including phenoxy) is 2. The van der Waals surface area contributed by atoms with Crippen LogP contribution in [0.5, 0.6) is 0 Å². The summed E-state index contributed by atoms with van der Waals surface area (Å²) >= 11 is 3.18. The lowest BCUT2D eigenvalue weighted by molar-refractivity contribution is -0.223. The predicted molar refractivity (Wildman–Crippen MR) is 72.3 cm³/mol. The van der Waals surface area contributed by atoms with Crippen molar-refractivity contribution in [3.8, 4) is 0 Å². The van der Waals surface area contributed by atoms with Gasteiger partial charge in [-0.3, -0.25) is 0 Å². The Morgan fingerprint density at radius 3 is 2.55 bits per heavy atom. The molecule has 0 bridgehead atoms. The van der Waals surface area contributed by atoms with Crippen LogP contribution in [0.1, 0.15) is 6.92 Å². The second-order valence-electron chi connectivity index (χ2n) is 4.26. The second-order valence-corrected chi connectivity index (χ2v) is 5.12. The van der Waals surface area contributed by atoms with Crippen LogP contribution in [-0.4, -0.2) is 23.8 Å². The third-order valence-corrected chi connectivity index (χ3v) is 3.37. The van der Waals surface area contributed by atoms with Crippen molar-refractivity contribution in [1.29, 1.82) is 0 Å². The number of esters is 2. The Morgan fingerprint density at radius 1 is 1.40 bits per heavy atom. The first-order valence-electron chi connectivity index (χ1n) is 5.65. The first kappa shape index (κ1) is 14.5. The van der Waals surface area contributed by atoms with Gasteiger partial charge in [0.2, 0.25) is 6.04 Å². The molecule has 1 aliphatic rings. The lowest BCUT2D eigenvalue weighted by Gasteiger charge is -2.33. The standard InChI is InChI=1S/C13H11BrFNO4/c1-3-13(2)19-11(17)10(12(18)20-13)16-9-6-7(15)4-5-8(9)14/h3-6,10,16H,1H2,2H3. The van der Waals surface area contributed by atoms with Gasteiger partial charge in [0.1, 0.15) is 5.82 Å². The van der Waals surface area contributed by atoms with Crippen molar-refractivity contribution >= 4 is 33.6 Å². The number of hydrogen-bond donors (Lipinski definition) is 1. The Kier molecular flexibility index (Phi) is 3.80. The zero-order valence-corrected chi connectivity index (χ0v) is 12.1. The molecule has 1 aromatic rings. The highest BCUT2D eigenvalue weighted by Crippen LogP contribution is 2.27. The van der Waals surface area contributed by atoms with E-state index < -0.39 is 29.6 Å². The molecule has 1 fully saturated rings. The van der Waals surface area contributed by atoms with Crippen molar-refractivity contribution in [2.45, 2.75) is 18.8 Å². The van der Waals surface area contributed by atoms with E-state index in [0.29, 0.717) is 4.47 Å². The molecule has 0 radical (unpaired) electrons. The highest BCUT2D eigenvalue weighted by Gasteiger charge is 2.44. The van der Waals surface area contributed by atoms with Gasteiger partial charge in [0, 0.05) is 11.4 Å². The molecule has 1 aromatic carbocycles. The van der Waals surface area contributed by atoms with Gasteiger partial charge in [-0.1, -0.05) is 6.58 Å². The van der Waals surface area contributed by atoms with Gasteiger partial charge >= 0.3 is 11.9 Å². The summed E-state index contributed by atoms with van der Waals surface area (Å²) in [5.41, 5.74) is 0.242. The number of halogens is 2. The minimum absolute atomic E-state index is 0.242. The maximum atomic E-state index is 13.2. The molecule has 0 aromatic heterocycles. The van der Waals surface area contributed by atoms with Crippen molar-refractivity contribution < 1.29 is 23.5 Å². The number of carbonyl (C=O) groups excluding carboxylic acids is 2. The normalized spacial score (nSPS) is 25.6. The Bertz CT molecular complexity index is 572. The van der Waals surface area contributed by atoms with Crippen molar-refractivity contribution in [2.75, 3.05) is 5.32 Å². The molecule has 7 heteroatoms. The van der Waals surface area contributed by atoms with Gasteiger partial charge in [-0.2, -0.15) is 0 Å². The Labute approximate surface area is 122 Å². The van der Waals surface area contributed by atoms with Gasteiger partial charge in [-0.05, 0) is 40.2 Å². The number of hydrogen-bond acceptors (Lipinski definition) is 5. The average molecular weight is 344 g/mol. The van der Waals surface area contributed by atoms with Crippen molar-refractivity contribution in [3.63, 3.8) is 0 Å². The Morgan fingerprint density at radius 2 is 2.00 bits per heavy atom. The minimum atomic E-state index is -1.48. The van der Waals surface area contributed by atoms with E-state index in [-0.39, 0.29) is 5.69 Å². The third kappa shape index (κ3) is 2.82. The monoisotopic (exact) mass is 343 g/mol. The van der Waals surface area contributed by atoms with E-state index in [1.54, 1.807) is 0 Å². The first-order chi connectivity index (χ1) is 9.34. The number of rotatable bonds is 3. The summed E-state index contributed by atoms with van der Waals surface area (Å²) in [7, 11) is 0. The average Bonchev–Trinajstić information content (AvgIpc) is 2.38. The van der Waals surface area contributed by atoms with E-state index in [9.17, 15) is 14.0 Å². The number of carbonyl (C=O) groups is 2. The van der Waals surface area contributed by atoms with Crippen LogP contribution in [-0.2, 0) is 19.1 Å². The summed E-state index contributed by atoms with van der Waals surface area (Å²) in [6.07, 6.45) is 1.21. The Balaban J connectivity index is 2.22. The van der Waals surface area contributed by atoms with E-state index in [4.69, 9.17) is 9.47 Å². The summed E-state index contributed by atoms with van der Waals surface area (Å²) in [6.45, 7) is 4.82. The minimum Gasteiger partial charge on any atom is -0.417 e. The van der Waals surface area contributed by atoms with Gasteiger partial charge in [0.05, 0.1) is 5.69 Å². The van der Waals surface area contributed by atoms with Crippen molar-refractivity contribution in [1.82, 2.24) is 0 Å². The quantitative estimate of drug-likeness (QED) is 0.518. The maximum absolute atomic E-state index is 13.2. The molecule has 0 atom stereocenters. The van der Waals surface area contributed by atoms with Crippen LogP contribution in [0.4, 0.5) is 10.1 Å². The van der Waals surface area contributed by atoms with Gasteiger partial charge in [-0.15, -0.1) is 0 Å². The van der Waals surface area contributed by atoms with Crippen LogP contribution in [0.25, 0.3) is 0 Å². The zero-order chi connectivity index (χ0) is 14.9. The van der Waals surface area contributed by atoms with Gasteiger partial charge in [-0.25, -0.2) is 14.0 Å². The molecule has 5 nitrogen and oxygen atoms in total. The Hall–Kier alpha value is -1.89. The van der Waals surface area contributed by atoms with Crippen LogP contribution < -0.4 is 5.32 Å². The molecule has 106 valence electrons. The van der Waals surface area contributed by atoms with Gasteiger partial charge in [0.15, 0.2) is 0 Å². The van der Waals surface area contributed by atoms with E-state index in [2.05, 4.69) is 27.8 Å². The molecule has 0 aliphatic carbocycles. The fourth-order valence-electron chi connectivity index (χ4n) is 1.60. The molecule has 0 saturated carbocycles. The van der Waals surface area contributed by atoms with Crippen molar-refractivity contribution in [3.05, 3.63) is 41.1 Å². The molecule has 2 rings (SSSR count). The first-order valence-corrected chi connectivity index (χ1v) is 6.45. The second kappa shape index (κ2) is 5.24. The third-order valence-electron chi connectivity index (χ3n) is 2.68. The van der Waals surface area contributed by atoms with Crippen molar-refractivity contribution in [2.24, 2.45) is 0 Å². The van der Waals surface area contributed by atoms with Crippen LogP contribution in [0, 0.1) is 5.82 Å². The maximum Gasteiger partial charge on any atom is 0.343 e. The van der Waals surface area contributed by atoms with E-state index in [1.165, 1.54) is 25.1 Å². The molecule has 1 saturated heterocycles. The molecule has 0 amide bonds. The molecular formula is C13H11BrFNO4. The number of nitrogens with one attached hydrogen (secondary N) is 1. The highest BCUT2D eigenvalue weighted by atomic mass is 79.9. The SMILES string of the molecule is C=CC1(C)OC(=O)C(Nc2cc(F)ccc2Br)C(=O)O1.